The van der Waals surface area contributed by atoms with Gasteiger partial charge in [0.25, 0.3) is 5.91 Å². The minimum atomic E-state index is -0.266. The molecule has 6 heteroatoms. The summed E-state index contributed by atoms with van der Waals surface area (Å²) in [5.74, 6) is 0.942. The van der Waals surface area contributed by atoms with Crippen LogP contribution < -0.4 is 5.32 Å². The molecular weight excluding hydrogens is 472 g/mol. The Bertz CT molecular complexity index is 1420. The number of hydrogen-bond acceptors (Lipinski definition) is 3. The van der Waals surface area contributed by atoms with Crippen LogP contribution in [0.5, 0.6) is 0 Å². The maximum Gasteiger partial charge on any atom is 0.254 e. The third kappa shape index (κ3) is 5.86. The first-order valence-electron chi connectivity index (χ1n) is 13.3. The largest absolute Gasteiger partial charge is 0.329 e. The average molecular weight is 507 g/mol. The summed E-state index contributed by atoms with van der Waals surface area (Å²) in [6, 6.07) is 25.7. The Morgan fingerprint density at radius 3 is 2.32 bits per heavy atom. The van der Waals surface area contributed by atoms with E-state index in [1.165, 1.54) is 5.56 Å². The summed E-state index contributed by atoms with van der Waals surface area (Å²) in [6.45, 7) is 6.81. The van der Waals surface area contributed by atoms with Crippen LogP contribution >= 0.6 is 0 Å². The van der Waals surface area contributed by atoms with Crippen LogP contribution in [0.4, 0.5) is 5.95 Å². The monoisotopic (exact) mass is 506 g/mol. The number of aromatic nitrogens is 2. The lowest BCUT2D eigenvalue weighted by atomic mass is 10.0. The van der Waals surface area contributed by atoms with Gasteiger partial charge in [-0.2, -0.15) is 0 Å². The second-order valence-electron chi connectivity index (χ2n) is 10.4. The fourth-order valence-electron chi connectivity index (χ4n) is 4.59. The number of imidazole rings is 1. The fourth-order valence-corrected chi connectivity index (χ4v) is 4.59. The highest BCUT2D eigenvalue weighted by molar-refractivity contribution is 6.00. The fraction of sp³-hybridized carbons (Fsp3) is 0.281. The van der Waals surface area contributed by atoms with Gasteiger partial charge in [-0.05, 0) is 60.9 Å². The van der Waals surface area contributed by atoms with Gasteiger partial charge in [0.1, 0.15) is 6.54 Å². The maximum atomic E-state index is 13.4. The molecule has 4 aromatic rings. The summed E-state index contributed by atoms with van der Waals surface area (Å²) < 4.78 is 1.90. The first-order chi connectivity index (χ1) is 18.4. The molecule has 38 heavy (non-hydrogen) atoms. The second-order valence-corrected chi connectivity index (χ2v) is 10.4. The van der Waals surface area contributed by atoms with E-state index in [9.17, 15) is 9.59 Å². The van der Waals surface area contributed by atoms with Crippen LogP contribution in [0.3, 0.4) is 0 Å². The summed E-state index contributed by atoms with van der Waals surface area (Å²) in [4.78, 5) is 33.2. The van der Waals surface area contributed by atoms with E-state index in [0.29, 0.717) is 29.9 Å². The van der Waals surface area contributed by atoms with Gasteiger partial charge in [0, 0.05) is 29.6 Å². The summed E-state index contributed by atoms with van der Waals surface area (Å²) in [5, 5.41) is 3.00. The number of aryl methyl sites for hydroxylation is 1. The van der Waals surface area contributed by atoms with E-state index in [1.54, 1.807) is 4.90 Å². The van der Waals surface area contributed by atoms with E-state index in [0.717, 1.165) is 35.3 Å². The molecule has 0 unspecified atom stereocenters. The second kappa shape index (κ2) is 11.1. The van der Waals surface area contributed by atoms with Crippen molar-refractivity contribution in [1.29, 1.82) is 0 Å². The summed E-state index contributed by atoms with van der Waals surface area (Å²) >= 11 is 0. The van der Waals surface area contributed by atoms with Gasteiger partial charge in [-0.3, -0.25) is 19.5 Å². The highest BCUT2D eigenvalue weighted by atomic mass is 16.2. The van der Waals surface area contributed by atoms with E-state index in [1.807, 2.05) is 84.4 Å². The highest BCUT2D eigenvalue weighted by Crippen LogP contribution is 2.30. The first kappa shape index (κ1) is 25.5. The zero-order chi connectivity index (χ0) is 26.6. The molecule has 1 N–H and O–H groups in total. The molecule has 0 spiro atoms. The Hall–Kier alpha value is -4.19. The number of benzene rings is 3. The maximum absolute atomic E-state index is 13.4. The Balaban J connectivity index is 1.42. The minimum absolute atomic E-state index is 0.0243. The molecule has 0 radical (unpaired) electrons. The van der Waals surface area contributed by atoms with Gasteiger partial charge in [0.15, 0.2) is 0 Å². The Morgan fingerprint density at radius 2 is 1.66 bits per heavy atom. The van der Waals surface area contributed by atoms with Crippen molar-refractivity contribution >= 4 is 17.8 Å². The van der Waals surface area contributed by atoms with Gasteiger partial charge in [0.2, 0.25) is 11.9 Å². The van der Waals surface area contributed by atoms with Crippen LogP contribution in [0.1, 0.15) is 54.1 Å². The first-order valence-corrected chi connectivity index (χ1v) is 13.3. The molecule has 3 aromatic carbocycles. The quantitative estimate of drug-likeness (QED) is 0.283. The van der Waals surface area contributed by atoms with Crippen LogP contribution in [0.2, 0.25) is 0 Å². The third-order valence-electron chi connectivity index (χ3n) is 7.04. The van der Waals surface area contributed by atoms with Gasteiger partial charge in [0.05, 0.1) is 5.69 Å². The van der Waals surface area contributed by atoms with Crippen LogP contribution in [0.15, 0.2) is 85.1 Å². The lowest BCUT2D eigenvalue weighted by molar-refractivity contribution is -0.117. The van der Waals surface area contributed by atoms with Crippen LogP contribution in [-0.2, 0) is 4.79 Å². The van der Waals surface area contributed by atoms with Gasteiger partial charge in [-0.15, -0.1) is 0 Å². The topological polar surface area (TPSA) is 67.2 Å². The lowest BCUT2D eigenvalue weighted by Gasteiger charge is -2.23. The molecular formula is C32H34N4O2. The number of amides is 2. The van der Waals surface area contributed by atoms with E-state index >= 15 is 0 Å². The van der Waals surface area contributed by atoms with E-state index in [-0.39, 0.29) is 18.4 Å². The van der Waals surface area contributed by atoms with Crippen molar-refractivity contribution in [2.24, 2.45) is 5.92 Å². The van der Waals surface area contributed by atoms with Gasteiger partial charge in [-0.25, -0.2) is 4.98 Å². The lowest BCUT2D eigenvalue weighted by Crippen LogP contribution is -2.40. The molecule has 1 saturated carbocycles. The van der Waals surface area contributed by atoms with Crippen molar-refractivity contribution < 1.29 is 9.59 Å². The third-order valence-corrected chi connectivity index (χ3v) is 7.04. The number of hydrogen-bond donors (Lipinski definition) is 1. The molecule has 6 nitrogen and oxygen atoms in total. The SMILES string of the molecule is Cc1ccccc1C(=O)N(CC(=O)Nc1nc(-c2ccccc2)cn1-c1ccc(C(C)C)cc1)CC1CC1. The van der Waals surface area contributed by atoms with E-state index in [2.05, 4.69) is 31.3 Å². The van der Waals surface area contributed by atoms with Crippen molar-refractivity contribution in [2.45, 2.75) is 39.5 Å². The smallest absolute Gasteiger partial charge is 0.254 e. The summed E-state index contributed by atoms with van der Waals surface area (Å²) in [7, 11) is 0. The summed E-state index contributed by atoms with van der Waals surface area (Å²) in [6.07, 6.45) is 4.13. The molecule has 0 bridgehead atoms. The van der Waals surface area contributed by atoms with Crippen LogP contribution in [0, 0.1) is 12.8 Å². The minimum Gasteiger partial charge on any atom is -0.329 e. The molecule has 1 heterocycles. The standard InChI is InChI=1S/C32H34N4O2/c1-22(2)25-15-17-27(18-16-25)36-20-29(26-10-5-4-6-11-26)33-32(36)34-30(37)21-35(19-24-13-14-24)31(38)28-12-8-7-9-23(28)3/h4-12,15-18,20,22,24H,13-14,19,21H2,1-3H3,(H,33,34,37). The molecule has 0 atom stereocenters. The van der Waals surface area contributed by atoms with Crippen molar-refractivity contribution in [3.63, 3.8) is 0 Å². The molecule has 0 saturated heterocycles. The Kier molecular flexibility index (Phi) is 7.40. The number of carbonyl (C=O) groups excluding carboxylic acids is 2. The molecule has 1 aliphatic rings. The Morgan fingerprint density at radius 1 is 0.974 bits per heavy atom. The number of carbonyl (C=O) groups is 2. The normalized spacial score (nSPS) is 12.9. The van der Waals surface area contributed by atoms with Crippen molar-refractivity contribution in [1.82, 2.24) is 14.5 Å². The molecule has 194 valence electrons. The number of anilines is 1. The van der Waals surface area contributed by atoms with E-state index < -0.39 is 0 Å². The molecule has 0 aliphatic heterocycles. The van der Waals surface area contributed by atoms with Crippen molar-refractivity contribution in [2.75, 3.05) is 18.4 Å². The van der Waals surface area contributed by atoms with Crippen molar-refractivity contribution in [3.8, 4) is 16.9 Å². The summed E-state index contributed by atoms with van der Waals surface area (Å²) in [5.41, 5.74) is 5.43. The van der Waals surface area contributed by atoms with Gasteiger partial charge in [-0.1, -0.05) is 74.5 Å². The predicted molar refractivity (Wildman–Crippen MR) is 152 cm³/mol. The number of rotatable bonds is 9. The van der Waals surface area contributed by atoms with Gasteiger partial charge >= 0.3 is 0 Å². The van der Waals surface area contributed by atoms with Crippen molar-refractivity contribution in [3.05, 3.63) is 102 Å². The van der Waals surface area contributed by atoms with Gasteiger partial charge < -0.3 is 4.90 Å². The zero-order valence-electron chi connectivity index (χ0n) is 22.2. The zero-order valence-corrected chi connectivity index (χ0v) is 22.2. The van der Waals surface area contributed by atoms with Crippen LogP contribution in [0.25, 0.3) is 16.9 Å². The molecule has 5 rings (SSSR count). The highest BCUT2D eigenvalue weighted by Gasteiger charge is 2.29. The van der Waals surface area contributed by atoms with Crippen LogP contribution in [-0.4, -0.2) is 39.4 Å². The number of nitrogens with zero attached hydrogens (tertiary/aromatic N) is 3. The number of nitrogens with one attached hydrogen (secondary N) is 1. The molecule has 1 fully saturated rings. The Labute approximate surface area is 224 Å². The predicted octanol–water partition coefficient (Wildman–Crippen LogP) is 6.46. The molecule has 1 aromatic heterocycles. The molecule has 2 amide bonds. The molecule has 1 aliphatic carbocycles. The average Bonchev–Trinajstić information content (AvgIpc) is 3.65. The van der Waals surface area contributed by atoms with E-state index in [4.69, 9.17) is 4.98 Å².